The summed E-state index contributed by atoms with van der Waals surface area (Å²) in [6.07, 6.45) is 2.19. The first-order valence-electron chi connectivity index (χ1n) is 10.1. The van der Waals surface area contributed by atoms with Crippen molar-refractivity contribution < 1.29 is 9.53 Å². The van der Waals surface area contributed by atoms with E-state index in [0.717, 1.165) is 27.7 Å². The zero-order valence-electron chi connectivity index (χ0n) is 18.0. The Bertz CT molecular complexity index is 1280. The number of ether oxygens (including phenoxy) is 1. The predicted octanol–water partition coefficient (Wildman–Crippen LogP) is 6.52. The number of rotatable bonds is 7. The molecule has 2 aromatic carbocycles. The van der Waals surface area contributed by atoms with Crippen molar-refractivity contribution in [2.75, 3.05) is 12.4 Å². The van der Waals surface area contributed by atoms with Gasteiger partial charge in [-0.3, -0.25) is 4.79 Å². The molecule has 1 amide bonds. The standard InChI is InChI=1S/C24H23Cl2N3O2S/c1-24(2,31-3)21-14-32-23(27-21)28-22(30)10-16-13-29(12-15-6-4-5-7-19(15)26)20-9-8-17(25)11-18(16)20/h4-9,11,13-14H,10,12H2,1-3H3,(H,27,28,30). The molecule has 0 atom stereocenters. The number of halogens is 2. The molecule has 1 N–H and O–H groups in total. The highest BCUT2D eigenvalue weighted by Gasteiger charge is 2.23. The van der Waals surface area contributed by atoms with Crippen LogP contribution < -0.4 is 5.32 Å². The van der Waals surface area contributed by atoms with Crippen LogP contribution >= 0.6 is 34.5 Å². The normalized spacial score (nSPS) is 11.8. The Morgan fingerprint density at radius 1 is 1.19 bits per heavy atom. The summed E-state index contributed by atoms with van der Waals surface area (Å²) < 4.78 is 7.56. The molecule has 4 rings (SSSR count). The minimum Gasteiger partial charge on any atom is -0.372 e. The molecule has 0 aliphatic carbocycles. The average Bonchev–Trinajstić information content (AvgIpc) is 3.35. The van der Waals surface area contributed by atoms with Gasteiger partial charge in [0.1, 0.15) is 5.60 Å². The van der Waals surface area contributed by atoms with Crippen LogP contribution in [0.5, 0.6) is 0 Å². The molecule has 0 radical (unpaired) electrons. The molecular formula is C24H23Cl2N3O2S. The molecule has 0 unspecified atom stereocenters. The van der Waals surface area contributed by atoms with E-state index >= 15 is 0 Å². The van der Waals surface area contributed by atoms with Crippen molar-refractivity contribution in [1.29, 1.82) is 0 Å². The van der Waals surface area contributed by atoms with E-state index in [-0.39, 0.29) is 12.3 Å². The maximum Gasteiger partial charge on any atom is 0.230 e. The first-order valence-corrected chi connectivity index (χ1v) is 11.7. The number of methoxy groups -OCH3 is 1. The molecule has 0 saturated carbocycles. The first kappa shape index (κ1) is 22.8. The molecule has 2 heterocycles. The summed E-state index contributed by atoms with van der Waals surface area (Å²) in [5.74, 6) is -0.141. The summed E-state index contributed by atoms with van der Waals surface area (Å²) in [4.78, 5) is 17.3. The van der Waals surface area contributed by atoms with Crippen LogP contribution in [0.25, 0.3) is 10.9 Å². The average molecular weight is 488 g/mol. The molecule has 4 aromatic rings. The summed E-state index contributed by atoms with van der Waals surface area (Å²) in [6, 6.07) is 13.5. The van der Waals surface area contributed by atoms with E-state index in [0.29, 0.717) is 21.7 Å². The number of amides is 1. The van der Waals surface area contributed by atoms with Gasteiger partial charge in [0.05, 0.1) is 12.1 Å². The molecule has 0 aliphatic rings. The van der Waals surface area contributed by atoms with Gasteiger partial charge in [-0.25, -0.2) is 4.98 Å². The molecule has 5 nitrogen and oxygen atoms in total. The lowest BCUT2D eigenvalue weighted by atomic mass is 10.1. The lowest BCUT2D eigenvalue weighted by molar-refractivity contribution is -0.115. The number of nitrogens with zero attached hydrogens (tertiary/aromatic N) is 2. The van der Waals surface area contributed by atoms with Gasteiger partial charge in [-0.1, -0.05) is 41.4 Å². The van der Waals surface area contributed by atoms with Crippen LogP contribution in [0.1, 0.15) is 30.7 Å². The van der Waals surface area contributed by atoms with Crippen molar-refractivity contribution in [2.24, 2.45) is 0 Å². The van der Waals surface area contributed by atoms with Gasteiger partial charge < -0.3 is 14.6 Å². The highest BCUT2D eigenvalue weighted by molar-refractivity contribution is 7.13. The highest BCUT2D eigenvalue weighted by atomic mass is 35.5. The Labute approximate surface area is 200 Å². The molecular weight excluding hydrogens is 465 g/mol. The third kappa shape index (κ3) is 4.84. The van der Waals surface area contributed by atoms with Gasteiger partial charge in [-0.05, 0) is 49.2 Å². The fourth-order valence-electron chi connectivity index (χ4n) is 3.47. The van der Waals surface area contributed by atoms with Gasteiger partial charge in [-0.2, -0.15) is 0 Å². The number of fused-ring (bicyclic) bond motifs is 1. The monoisotopic (exact) mass is 487 g/mol. The number of carbonyl (C=O) groups is 1. The number of hydrogen-bond donors (Lipinski definition) is 1. The van der Waals surface area contributed by atoms with Crippen LogP contribution in [0.4, 0.5) is 5.13 Å². The Kier molecular flexibility index (Phi) is 6.58. The van der Waals surface area contributed by atoms with Gasteiger partial charge in [0.25, 0.3) is 0 Å². The fourth-order valence-corrected chi connectivity index (χ4v) is 4.72. The number of aromatic nitrogens is 2. The molecule has 0 saturated heterocycles. The molecule has 0 spiro atoms. The Morgan fingerprint density at radius 3 is 2.72 bits per heavy atom. The van der Waals surface area contributed by atoms with Crippen molar-refractivity contribution >= 4 is 56.5 Å². The van der Waals surface area contributed by atoms with Crippen molar-refractivity contribution in [3.8, 4) is 0 Å². The number of thiazole rings is 1. The molecule has 2 aromatic heterocycles. The van der Waals surface area contributed by atoms with E-state index in [1.807, 2.05) is 67.9 Å². The van der Waals surface area contributed by atoms with Gasteiger partial charge >= 0.3 is 0 Å². The lowest BCUT2D eigenvalue weighted by Gasteiger charge is -2.19. The van der Waals surface area contributed by atoms with Crippen molar-refractivity contribution in [2.45, 2.75) is 32.4 Å². The lowest BCUT2D eigenvalue weighted by Crippen LogP contribution is -2.20. The first-order chi connectivity index (χ1) is 15.3. The maximum absolute atomic E-state index is 12.8. The second-order valence-electron chi connectivity index (χ2n) is 8.01. The maximum atomic E-state index is 12.8. The summed E-state index contributed by atoms with van der Waals surface area (Å²) in [5, 5.41) is 7.63. The van der Waals surface area contributed by atoms with Gasteiger partial charge in [0, 0.05) is 46.2 Å². The zero-order valence-corrected chi connectivity index (χ0v) is 20.3. The second kappa shape index (κ2) is 9.24. The second-order valence-corrected chi connectivity index (χ2v) is 9.71. The largest absolute Gasteiger partial charge is 0.372 e. The third-order valence-corrected chi connectivity index (χ3v) is 6.81. The van der Waals surface area contributed by atoms with E-state index in [9.17, 15) is 4.79 Å². The summed E-state index contributed by atoms with van der Waals surface area (Å²) in [5.41, 5.74) is 3.16. The molecule has 0 aliphatic heterocycles. The minimum absolute atomic E-state index is 0.141. The van der Waals surface area contributed by atoms with Crippen LogP contribution in [0, 0.1) is 0 Å². The topological polar surface area (TPSA) is 56.1 Å². The van der Waals surface area contributed by atoms with E-state index in [1.54, 1.807) is 7.11 Å². The number of nitrogens with one attached hydrogen (secondary N) is 1. The van der Waals surface area contributed by atoms with Crippen molar-refractivity contribution in [3.63, 3.8) is 0 Å². The summed E-state index contributed by atoms with van der Waals surface area (Å²) in [6.45, 7) is 4.47. The highest BCUT2D eigenvalue weighted by Crippen LogP contribution is 2.29. The molecule has 32 heavy (non-hydrogen) atoms. The fraction of sp³-hybridized carbons (Fsp3) is 0.250. The molecule has 0 fully saturated rings. The van der Waals surface area contributed by atoms with Crippen molar-refractivity contribution in [1.82, 2.24) is 9.55 Å². The number of anilines is 1. The predicted molar refractivity (Wildman–Crippen MR) is 132 cm³/mol. The van der Waals surface area contributed by atoms with E-state index < -0.39 is 5.60 Å². The third-order valence-electron chi connectivity index (χ3n) is 5.45. The van der Waals surface area contributed by atoms with Crippen LogP contribution in [-0.2, 0) is 28.1 Å². The smallest absolute Gasteiger partial charge is 0.230 e. The number of carbonyl (C=O) groups excluding carboxylic acids is 1. The van der Waals surface area contributed by atoms with E-state index in [2.05, 4.69) is 14.9 Å². The van der Waals surface area contributed by atoms with Gasteiger partial charge in [-0.15, -0.1) is 11.3 Å². The SMILES string of the molecule is COC(C)(C)c1csc(NC(=O)Cc2cn(Cc3ccccc3Cl)c3ccc(Cl)cc23)n1. The Morgan fingerprint density at radius 2 is 1.97 bits per heavy atom. The Hall–Kier alpha value is -2.38. The van der Waals surface area contributed by atoms with E-state index in [1.165, 1.54) is 11.3 Å². The van der Waals surface area contributed by atoms with Crippen LogP contribution in [-0.4, -0.2) is 22.6 Å². The number of hydrogen-bond acceptors (Lipinski definition) is 4. The summed E-state index contributed by atoms with van der Waals surface area (Å²) in [7, 11) is 1.64. The van der Waals surface area contributed by atoms with Crippen LogP contribution in [0.3, 0.4) is 0 Å². The molecule has 166 valence electrons. The quantitative estimate of drug-likeness (QED) is 0.322. The Balaban J connectivity index is 1.58. The van der Waals surface area contributed by atoms with Crippen LogP contribution in [0.2, 0.25) is 10.0 Å². The minimum atomic E-state index is -0.512. The van der Waals surface area contributed by atoms with Crippen LogP contribution in [0.15, 0.2) is 54.0 Å². The zero-order chi connectivity index (χ0) is 22.9. The summed E-state index contributed by atoms with van der Waals surface area (Å²) >= 11 is 14.0. The number of benzene rings is 2. The molecule has 8 heteroatoms. The van der Waals surface area contributed by atoms with Gasteiger partial charge in [0.2, 0.25) is 5.91 Å². The van der Waals surface area contributed by atoms with Crippen molar-refractivity contribution in [3.05, 3.63) is 80.9 Å². The van der Waals surface area contributed by atoms with Gasteiger partial charge in [0.15, 0.2) is 5.13 Å². The van der Waals surface area contributed by atoms with E-state index in [4.69, 9.17) is 27.9 Å². The molecule has 0 bridgehead atoms.